The molecule has 94 valence electrons. The predicted octanol–water partition coefficient (Wildman–Crippen LogP) is 2.06. The van der Waals surface area contributed by atoms with Gasteiger partial charge in [-0.3, -0.25) is 4.79 Å². The third-order valence-electron chi connectivity index (χ3n) is 2.26. The molecule has 0 heterocycles. The van der Waals surface area contributed by atoms with Gasteiger partial charge in [0.1, 0.15) is 0 Å². The largest absolute Gasteiger partial charge is 0.352 e. The predicted molar refractivity (Wildman–Crippen MR) is 66.8 cm³/mol. The summed E-state index contributed by atoms with van der Waals surface area (Å²) in [5, 5.41) is 2.73. The molecule has 0 aromatic heterocycles. The molecule has 0 fully saturated rings. The lowest BCUT2D eigenvalue weighted by molar-refractivity contribution is 0.0953. The minimum Gasteiger partial charge on any atom is -0.352 e. The molecule has 0 radical (unpaired) electrons. The van der Waals surface area contributed by atoms with E-state index in [9.17, 15) is 13.2 Å². The van der Waals surface area contributed by atoms with Crippen LogP contribution in [-0.2, 0) is 9.05 Å². The maximum absolute atomic E-state index is 11.7. The van der Waals surface area contributed by atoms with Crippen LogP contribution in [0.1, 0.15) is 29.3 Å². The minimum absolute atomic E-state index is 0.00343. The number of hydrogen-bond donors (Lipinski definition) is 1. The van der Waals surface area contributed by atoms with Gasteiger partial charge in [-0.15, -0.1) is 0 Å². The number of nitrogens with one attached hydrogen (secondary N) is 1. The Morgan fingerprint density at radius 1 is 1.41 bits per heavy atom. The van der Waals surface area contributed by atoms with E-state index in [-0.39, 0.29) is 10.8 Å². The standard InChI is InChI=1S/C11H14ClNO3S/c1-3-6-13-11(14)10-5-4-9(7-8(10)2)17(12,15)16/h4-5,7H,3,6H2,1-2H3,(H,13,14). The highest BCUT2D eigenvalue weighted by atomic mass is 35.7. The van der Waals surface area contributed by atoms with Gasteiger partial charge >= 0.3 is 0 Å². The van der Waals surface area contributed by atoms with E-state index in [1.54, 1.807) is 6.92 Å². The molecule has 1 aromatic carbocycles. The highest BCUT2D eigenvalue weighted by Crippen LogP contribution is 2.18. The van der Waals surface area contributed by atoms with Gasteiger partial charge in [0.15, 0.2) is 0 Å². The van der Waals surface area contributed by atoms with Crippen molar-refractivity contribution in [2.24, 2.45) is 0 Å². The van der Waals surface area contributed by atoms with Crippen LogP contribution >= 0.6 is 10.7 Å². The maximum Gasteiger partial charge on any atom is 0.261 e. The molecule has 1 amide bonds. The van der Waals surface area contributed by atoms with Crippen molar-refractivity contribution < 1.29 is 13.2 Å². The lowest BCUT2D eigenvalue weighted by Gasteiger charge is -2.07. The summed E-state index contributed by atoms with van der Waals surface area (Å²) in [6.07, 6.45) is 0.846. The van der Waals surface area contributed by atoms with E-state index in [0.717, 1.165) is 6.42 Å². The van der Waals surface area contributed by atoms with Crippen LogP contribution in [0, 0.1) is 6.92 Å². The molecule has 0 atom stereocenters. The van der Waals surface area contributed by atoms with E-state index in [1.165, 1.54) is 18.2 Å². The van der Waals surface area contributed by atoms with Crippen LogP contribution in [0.3, 0.4) is 0 Å². The van der Waals surface area contributed by atoms with Crippen LogP contribution in [0.5, 0.6) is 0 Å². The van der Waals surface area contributed by atoms with Crippen molar-refractivity contribution in [2.75, 3.05) is 6.54 Å². The molecule has 0 aliphatic rings. The van der Waals surface area contributed by atoms with E-state index in [2.05, 4.69) is 5.32 Å². The van der Waals surface area contributed by atoms with E-state index in [4.69, 9.17) is 10.7 Å². The molecule has 1 rings (SSSR count). The molecule has 0 saturated heterocycles. The first-order valence-corrected chi connectivity index (χ1v) is 7.50. The van der Waals surface area contributed by atoms with Crippen LogP contribution in [0.15, 0.2) is 23.1 Å². The van der Waals surface area contributed by atoms with Gasteiger partial charge in [0, 0.05) is 22.8 Å². The zero-order chi connectivity index (χ0) is 13.1. The second kappa shape index (κ2) is 5.51. The van der Waals surface area contributed by atoms with Crippen molar-refractivity contribution in [2.45, 2.75) is 25.2 Å². The quantitative estimate of drug-likeness (QED) is 0.856. The summed E-state index contributed by atoms with van der Waals surface area (Å²) in [7, 11) is 1.47. The molecule has 6 heteroatoms. The molecule has 17 heavy (non-hydrogen) atoms. The van der Waals surface area contributed by atoms with Gasteiger partial charge in [-0.05, 0) is 37.1 Å². The summed E-state index contributed by atoms with van der Waals surface area (Å²) in [4.78, 5) is 11.7. The molecular weight excluding hydrogens is 262 g/mol. The molecule has 1 N–H and O–H groups in total. The van der Waals surface area contributed by atoms with E-state index < -0.39 is 9.05 Å². The second-order valence-electron chi connectivity index (χ2n) is 3.67. The second-order valence-corrected chi connectivity index (χ2v) is 6.24. The Labute approximate surface area is 105 Å². The summed E-state index contributed by atoms with van der Waals surface area (Å²) in [6.45, 7) is 4.22. The van der Waals surface area contributed by atoms with Crippen molar-refractivity contribution in [3.63, 3.8) is 0 Å². The molecule has 0 aliphatic carbocycles. The van der Waals surface area contributed by atoms with Crippen molar-refractivity contribution in [3.05, 3.63) is 29.3 Å². The van der Waals surface area contributed by atoms with Gasteiger partial charge in [0.2, 0.25) is 0 Å². The number of halogens is 1. The number of carbonyl (C=O) groups excluding carboxylic acids is 1. The Hall–Kier alpha value is -1.07. The fourth-order valence-electron chi connectivity index (χ4n) is 1.38. The monoisotopic (exact) mass is 275 g/mol. The highest BCUT2D eigenvalue weighted by Gasteiger charge is 2.14. The summed E-state index contributed by atoms with van der Waals surface area (Å²) < 4.78 is 22.2. The van der Waals surface area contributed by atoms with E-state index in [1.807, 2.05) is 6.92 Å². The molecule has 0 saturated carbocycles. The average Bonchev–Trinajstić information content (AvgIpc) is 2.24. The van der Waals surface area contributed by atoms with Crippen LogP contribution < -0.4 is 5.32 Å². The van der Waals surface area contributed by atoms with Gasteiger partial charge < -0.3 is 5.32 Å². The zero-order valence-electron chi connectivity index (χ0n) is 9.66. The van der Waals surface area contributed by atoms with Crippen molar-refractivity contribution >= 4 is 25.6 Å². The fraction of sp³-hybridized carbons (Fsp3) is 0.364. The molecule has 4 nitrogen and oxygen atoms in total. The van der Waals surface area contributed by atoms with E-state index >= 15 is 0 Å². The number of carbonyl (C=O) groups is 1. The third-order valence-corrected chi connectivity index (χ3v) is 3.61. The van der Waals surface area contributed by atoms with Gasteiger partial charge in [0.25, 0.3) is 15.0 Å². The van der Waals surface area contributed by atoms with Gasteiger partial charge in [-0.1, -0.05) is 6.92 Å². The maximum atomic E-state index is 11.7. The van der Waals surface area contributed by atoms with Crippen molar-refractivity contribution in [1.82, 2.24) is 5.32 Å². The van der Waals surface area contributed by atoms with Crippen LogP contribution in [0.25, 0.3) is 0 Å². The third kappa shape index (κ3) is 3.71. The SMILES string of the molecule is CCCNC(=O)c1ccc(S(=O)(=O)Cl)cc1C. The smallest absolute Gasteiger partial charge is 0.261 e. The van der Waals surface area contributed by atoms with Gasteiger partial charge in [-0.2, -0.15) is 0 Å². The molecule has 0 aliphatic heterocycles. The summed E-state index contributed by atoms with van der Waals surface area (Å²) in [6, 6.07) is 4.19. The summed E-state index contributed by atoms with van der Waals surface area (Å²) in [5.41, 5.74) is 1.04. The van der Waals surface area contributed by atoms with E-state index in [0.29, 0.717) is 17.7 Å². The first-order chi connectivity index (χ1) is 7.86. The lowest BCUT2D eigenvalue weighted by atomic mass is 10.1. The Bertz CT molecular complexity index is 526. The van der Waals surface area contributed by atoms with Crippen molar-refractivity contribution in [3.8, 4) is 0 Å². The molecule has 0 spiro atoms. The normalized spacial score (nSPS) is 11.2. The minimum atomic E-state index is -3.74. The lowest BCUT2D eigenvalue weighted by Crippen LogP contribution is -2.24. The van der Waals surface area contributed by atoms with Gasteiger partial charge in [0.05, 0.1) is 4.90 Å². The van der Waals surface area contributed by atoms with Crippen molar-refractivity contribution in [1.29, 1.82) is 0 Å². The first kappa shape index (κ1) is 14.0. The summed E-state index contributed by atoms with van der Waals surface area (Å²) >= 11 is 0. The Balaban J connectivity index is 3.02. The fourth-order valence-corrected chi connectivity index (χ4v) is 2.21. The number of amides is 1. The molecule has 0 unspecified atom stereocenters. The highest BCUT2D eigenvalue weighted by molar-refractivity contribution is 8.13. The Kier molecular flexibility index (Phi) is 4.54. The molecule has 1 aromatic rings. The molecule has 0 bridgehead atoms. The summed E-state index contributed by atoms with van der Waals surface area (Å²) in [5.74, 6) is -0.206. The van der Waals surface area contributed by atoms with Gasteiger partial charge in [-0.25, -0.2) is 8.42 Å². The van der Waals surface area contributed by atoms with Crippen LogP contribution in [-0.4, -0.2) is 20.9 Å². The average molecular weight is 276 g/mol. The first-order valence-electron chi connectivity index (χ1n) is 5.19. The number of aryl methyl sites for hydroxylation is 1. The van der Waals surface area contributed by atoms with Crippen LogP contribution in [0.4, 0.5) is 0 Å². The molecular formula is C11H14ClNO3S. The number of hydrogen-bond acceptors (Lipinski definition) is 3. The number of benzene rings is 1. The van der Waals surface area contributed by atoms with Crippen LogP contribution in [0.2, 0.25) is 0 Å². The Morgan fingerprint density at radius 3 is 2.53 bits per heavy atom. The Morgan fingerprint density at radius 2 is 2.06 bits per heavy atom. The zero-order valence-corrected chi connectivity index (χ0v) is 11.2. The topological polar surface area (TPSA) is 63.2 Å². The number of rotatable bonds is 4.